The van der Waals surface area contributed by atoms with Gasteiger partial charge in [-0.3, -0.25) is 4.79 Å². The van der Waals surface area contributed by atoms with E-state index in [1.165, 1.54) is 17.7 Å². The molecule has 0 N–H and O–H groups in total. The SMILES string of the molecule is CC1(C)[C@H]2Cc3ccc(C=O)nc3[C@@H]1C2. The first kappa shape index (κ1) is 9.08. The van der Waals surface area contributed by atoms with Gasteiger partial charge in [0.25, 0.3) is 0 Å². The zero-order valence-corrected chi connectivity index (χ0v) is 9.16. The molecule has 3 aliphatic rings. The van der Waals surface area contributed by atoms with Crippen LogP contribution in [-0.4, -0.2) is 11.3 Å². The minimum absolute atomic E-state index is 0.390. The molecule has 4 rings (SSSR count). The molecule has 1 aromatic heterocycles. The van der Waals surface area contributed by atoms with Crippen LogP contribution in [0, 0.1) is 11.3 Å². The molecule has 1 fully saturated rings. The highest BCUT2D eigenvalue weighted by Crippen LogP contribution is 2.61. The number of aldehydes is 1. The number of hydrogen-bond donors (Lipinski definition) is 0. The number of hydrogen-bond acceptors (Lipinski definition) is 2. The molecule has 0 amide bonds. The summed E-state index contributed by atoms with van der Waals surface area (Å²) in [5.74, 6) is 1.39. The van der Waals surface area contributed by atoms with E-state index < -0.39 is 0 Å². The van der Waals surface area contributed by atoms with Crippen molar-refractivity contribution in [1.29, 1.82) is 0 Å². The molecule has 2 atom stereocenters. The summed E-state index contributed by atoms with van der Waals surface area (Å²) in [5, 5.41) is 0. The Morgan fingerprint density at radius 3 is 2.93 bits per heavy atom. The minimum Gasteiger partial charge on any atom is -0.296 e. The molecule has 78 valence electrons. The maximum atomic E-state index is 10.7. The molecule has 0 radical (unpaired) electrons. The van der Waals surface area contributed by atoms with Crippen LogP contribution >= 0.6 is 0 Å². The molecule has 2 bridgehead atoms. The largest absolute Gasteiger partial charge is 0.296 e. The van der Waals surface area contributed by atoms with Gasteiger partial charge in [-0.15, -0.1) is 0 Å². The van der Waals surface area contributed by atoms with Crippen molar-refractivity contribution in [2.24, 2.45) is 11.3 Å². The van der Waals surface area contributed by atoms with E-state index in [9.17, 15) is 4.79 Å². The number of pyridine rings is 1. The molecule has 0 aliphatic heterocycles. The predicted molar refractivity (Wildman–Crippen MR) is 58.0 cm³/mol. The lowest BCUT2D eigenvalue weighted by Crippen LogP contribution is -2.48. The molecule has 2 heteroatoms. The smallest absolute Gasteiger partial charge is 0.168 e. The summed E-state index contributed by atoms with van der Waals surface area (Å²) in [6.07, 6.45) is 3.25. The summed E-state index contributed by atoms with van der Waals surface area (Å²) >= 11 is 0. The highest BCUT2D eigenvalue weighted by atomic mass is 16.1. The van der Waals surface area contributed by atoms with Gasteiger partial charge in [-0.1, -0.05) is 19.9 Å². The molecular weight excluding hydrogens is 186 g/mol. The molecule has 3 aliphatic carbocycles. The Bertz CT molecular complexity index is 436. The average Bonchev–Trinajstić information content (AvgIpc) is 2.27. The van der Waals surface area contributed by atoms with Gasteiger partial charge in [0, 0.05) is 11.6 Å². The summed E-state index contributed by atoms with van der Waals surface area (Å²) < 4.78 is 0. The highest BCUT2D eigenvalue weighted by molar-refractivity contribution is 5.72. The van der Waals surface area contributed by atoms with Crippen molar-refractivity contribution in [3.8, 4) is 0 Å². The van der Waals surface area contributed by atoms with Gasteiger partial charge < -0.3 is 0 Å². The van der Waals surface area contributed by atoms with Crippen LogP contribution in [0.1, 0.15) is 47.9 Å². The van der Waals surface area contributed by atoms with Crippen LogP contribution in [0.2, 0.25) is 0 Å². The van der Waals surface area contributed by atoms with Gasteiger partial charge in [0.15, 0.2) is 6.29 Å². The third-order valence-corrected chi connectivity index (χ3v) is 4.42. The van der Waals surface area contributed by atoms with E-state index in [0.717, 1.165) is 18.6 Å². The molecule has 15 heavy (non-hydrogen) atoms. The van der Waals surface area contributed by atoms with Crippen LogP contribution in [0.15, 0.2) is 12.1 Å². The fourth-order valence-corrected chi connectivity index (χ4v) is 3.15. The maximum Gasteiger partial charge on any atom is 0.168 e. The van der Waals surface area contributed by atoms with Crippen LogP contribution in [0.25, 0.3) is 0 Å². The van der Waals surface area contributed by atoms with Gasteiger partial charge in [0.2, 0.25) is 0 Å². The van der Waals surface area contributed by atoms with Gasteiger partial charge in [-0.05, 0) is 35.8 Å². The van der Waals surface area contributed by atoms with E-state index in [0.29, 0.717) is 17.0 Å². The monoisotopic (exact) mass is 201 g/mol. The zero-order valence-electron chi connectivity index (χ0n) is 9.16. The van der Waals surface area contributed by atoms with Crippen LogP contribution in [-0.2, 0) is 6.42 Å². The number of aromatic nitrogens is 1. The Balaban J connectivity index is 2.11. The molecule has 1 aromatic rings. The lowest BCUT2D eigenvalue weighted by molar-refractivity contribution is 0.0154. The second-order valence-electron chi connectivity index (χ2n) is 5.41. The van der Waals surface area contributed by atoms with Gasteiger partial charge in [0.05, 0.1) is 0 Å². The average molecular weight is 201 g/mol. The molecule has 0 aromatic carbocycles. The van der Waals surface area contributed by atoms with E-state index in [-0.39, 0.29) is 0 Å². The standard InChI is InChI=1S/C13H15NO/c1-13(2)9-5-8-3-4-10(7-15)14-12(8)11(13)6-9/h3-4,7,9,11H,5-6H2,1-2H3/t9-,11-/m0/s1. The van der Waals surface area contributed by atoms with E-state index in [2.05, 4.69) is 24.9 Å². The Labute approximate surface area is 89.7 Å². The van der Waals surface area contributed by atoms with Crippen molar-refractivity contribution in [1.82, 2.24) is 4.98 Å². The molecule has 0 saturated heterocycles. The van der Waals surface area contributed by atoms with Crippen molar-refractivity contribution in [2.45, 2.75) is 32.6 Å². The van der Waals surface area contributed by atoms with Gasteiger partial charge >= 0.3 is 0 Å². The fraction of sp³-hybridized carbons (Fsp3) is 0.538. The van der Waals surface area contributed by atoms with Crippen LogP contribution in [0.4, 0.5) is 0 Å². The summed E-state index contributed by atoms with van der Waals surface area (Å²) in [7, 11) is 0. The first-order valence-corrected chi connectivity index (χ1v) is 5.58. The Morgan fingerprint density at radius 1 is 1.47 bits per heavy atom. The van der Waals surface area contributed by atoms with E-state index in [1.54, 1.807) is 0 Å². The number of carbonyl (C=O) groups excluding carboxylic acids is 1. The number of nitrogens with zero attached hydrogens (tertiary/aromatic N) is 1. The van der Waals surface area contributed by atoms with Gasteiger partial charge in [0.1, 0.15) is 5.69 Å². The molecule has 0 spiro atoms. The molecule has 1 heterocycles. The number of carbonyl (C=O) groups is 1. The first-order chi connectivity index (χ1) is 7.13. The third kappa shape index (κ3) is 1.05. The Kier molecular flexibility index (Phi) is 1.63. The molecule has 1 saturated carbocycles. The maximum absolute atomic E-state index is 10.7. The van der Waals surface area contributed by atoms with E-state index in [1.807, 2.05) is 6.07 Å². The number of rotatable bonds is 1. The van der Waals surface area contributed by atoms with Crippen molar-refractivity contribution >= 4 is 6.29 Å². The van der Waals surface area contributed by atoms with E-state index in [4.69, 9.17) is 0 Å². The van der Waals surface area contributed by atoms with Crippen molar-refractivity contribution < 1.29 is 4.79 Å². The second kappa shape index (κ2) is 2.69. The fourth-order valence-electron chi connectivity index (χ4n) is 3.15. The zero-order chi connectivity index (χ0) is 10.6. The molecular formula is C13H15NO. The summed E-state index contributed by atoms with van der Waals surface area (Å²) in [4.78, 5) is 15.2. The normalized spacial score (nSPS) is 30.3. The van der Waals surface area contributed by atoms with Crippen LogP contribution in [0.3, 0.4) is 0 Å². The lowest BCUT2D eigenvalue weighted by atomic mass is 9.48. The van der Waals surface area contributed by atoms with Gasteiger partial charge in [-0.25, -0.2) is 4.98 Å². The molecule has 2 nitrogen and oxygen atoms in total. The van der Waals surface area contributed by atoms with Crippen molar-refractivity contribution in [2.75, 3.05) is 0 Å². The van der Waals surface area contributed by atoms with Crippen molar-refractivity contribution in [3.63, 3.8) is 0 Å². The summed E-state index contributed by atoms with van der Waals surface area (Å²) in [6.45, 7) is 4.65. The van der Waals surface area contributed by atoms with Gasteiger partial charge in [-0.2, -0.15) is 0 Å². The highest BCUT2D eigenvalue weighted by Gasteiger charge is 2.53. The van der Waals surface area contributed by atoms with Crippen molar-refractivity contribution in [3.05, 3.63) is 29.1 Å². The predicted octanol–water partition coefficient (Wildman–Crippen LogP) is 2.58. The Morgan fingerprint density at radius 2 is 2.27 bits per heavy atom. The summed E-state index contributed by atoms with van der Waals surface area (Å²) in [5.41, 5.74) is 3.52. The lowest BCUT2D eigenvalue weighted by Gasteiger charge is -2.56. The minimum atomic E-state index is 0.390. The van der Waals surface area contributed by atoms with Crippen LogP contribution < -0.4 is 0 Å². The second-order valence-corrected chi connectivity index (χ2v) is 5.41. The molecule has 0 unspecified atom stereocenters. The van der Waals surface area contributed by atoms with E-state index >= 15 is 0 Å². The first-order valence-electron chi connectivity index (χ1n) is 5.58. The summed E-state index contributed by atoms with van der Waals surface area (Å²) in [6, 6.07) is 3.92. The Hall–Kier alpha value is -1.18. The topological polar surface area (TPSA) is 30.0 Å². The third-order valence-electron chi connectivity index (χ3n) is 4.42. The van der Waals surface area contributed by atoms with Crippen LogP contribution in [0.5, 0.6) is 0 Å². The quantitative estimate of drug-likeness (QED) is 0.654.